The molecule has 0 bridgehead atoms. The minimum absolute atomic E-state index is 0.231. The molecule has 92 valence electrons. The number of primary amides is 1. The first kappa shape index (κ1) is 12.3. The monoisotopic (exact) mass is 250 g/mol. The lowest BCUT2D eigenvalue weighted by Gasteiger charge is -2.33. The first-order chi connectivity index (χ1) is 8.20. The topological polar surface area (TPSA) is 46.3 Å². The number of para-hydroxylation sites is 1. The maximum absolute atomic E-state index is 11.7. The third kappa shape index (κ3) is 2.75. The number of carbonyl (C=O) groups excluding carboxylic acids is 1. The Morgan fingerprint density at radius 2 is 1.88 bits per heavy atom. The van der Waals surface area contributed by atoms with Crippen molar-refractivity contribution < 1.29 is 4.79 Å². The number of amides is 2. The number of nitrogens with zero attached hydrogens (tertiary/aromatic N) is 1. The third-order valence-corrected chi connectivity index (χ3v) is 3.70. The quantitative estimate of drug-likeness (QED) is 0.778. The van der Waals surface area contributed by atoms with Crippen LogP contribution >= 0.6 is 12.6 Å². The second kappa shape index (κ2) is 5.45. The maximum Gasteiger partial charge on any atom is 0.319 e. The fourth-order valence-corrected chi connectivity index (χ4v) is 2.77. The van der Waals surface area contributed by atoms with Gasteiger partial charge in [0.1, 0.15) is 0 Å². The standard InChI is InChI=1S/C13H18N2OS/c14-13(16)15(10-6-2-1-3-7-10)11-8-4-5-9-12(11)17/h4-5,8-10,17H,1-3,6-7H2,(H2,14,16). The van der Waals surface area contributed by atoms with Gasteiger partial charge in [-0.2, -0.15) is 0 Å². The maximum atomic E-state index is 11.7. The smallest absolute Gasteiger partial charge is 0.319 e. The van der Waals surface area contributed by atoms with Gasteiger partial charge >= 0.3 is 6.03 Å². The molecule has 0 spiro atoms. The van der Waals surface area contributed by atoms with Gasteiger partial charge in [0.2, 0.25) is 0 Å². The Balaban J connectivity index is 2.28. The van der Waals surface area contributed by atoms with Crippen molar-refractivity contribution in [1.29, 1.82) is 0 Å². The Labute approximate surface area is 107 Å². The van der Waals surface area contributed by atoms with Crippen LogP contribution < -0.4 is 10.6 Å². The highest BCUT2D eigenvalue weighted by atomic mass is 32.1. The number of urea groups is 1. The van der Waals surface area contributed by atoms with Gasteiger partial charge in [0.15, 0.2) is 0 Å². The lowest BCUT2D eigenvalue weighted by atomic mass is 9.94. The predicted octanol–water partition coefficient (Wildman–Crippen LogP) is 3.19. The molecule has 0 aliphatic heterocycles. The summed E-state index contributed by atoms with van der Waals surface area (Å²) in [5, 5.41) is 0. The van der Waals surface area contributed by atoms with Crippen LogP contribution in [0.1, 0.15) is 32.1 Å². The number of thiol groups is 1. The number of rotatable bonds is 2. The molecule has 17 heavy (non-hydrogen) atoms. The van der Waals surface area contributed by atoms with Gasteiger partial charge in [-0.15, -0.1) is 12.6 Å². The Kier molecular flexibility index (Phi) is 3.94. The SMILES string of the molecule is NC(=O)N(c1ccccc1S)C1CCCCC1. The Hall–Kier alpha value is -1.16. The van der Waals surface area contributed by atoms with Crippen LogP contribution in [-0.4, -0.2) is 12.1 Å². The summed E-state index contributed by atoms with van der Waals surface area (Å²) in [6.07, 6.45) is 5.66. The second-order valence-corrected chi connectivity index (χ2v) is 4.97. The first-order valence-electron chi connectivity index (χ1n) is 6.07. The molecule has 0 heterocycles. The lowest BCUT2D eigenvalue weighted by molar-refractivity contribution is 0.249. The van der Waals surface area contributed by atoms with Crippen molar-refractivity contribution in [3.63, 3.8) is 0 Å². The molecule has 1 fully saturated rings. The summed E-state index contributed by atoms with van der Waals surface area (Å²) in [7, 11) is 0. The summed E-state index contributed by atoms with van der Waals surface area (Å²) >= 11 is 4.40. The van der Waals surface area contributed by atoms with Gasteiger partial charge < -0.3 is 5.73 Å². The van der Waals surface area contributed by atoms with Crippen molar-refractivity contribution >= 4 is 24.3 Å². The average molecular weight is 250 g/mol. The summed E-state index contributed by atoms with van der Waals surface area (Å²) in [5.74, 6) is 0. The van der Waals surface area contributed by atoms with Gasteiger partial charge in [0.05, 0.1) is 5.69 Å². The van der Waals surface area contributed by atoms with Gasteiger partial charge in [-0.05, 0) is 25.0 Å². The van der Waals surface area contributed by atoms with Gasteiger partial charge in [-0.25, -0.2) is 4.79 Å². The zero-order chi connectivity index (χ0) is 12.3. The molecule has 4 heteroatoms. The molecule has 3 nitrogen and oxygen atoms in total. The summed E-state index contributed by atoms with van der Waals surface area (Å²) in [5.41, 5.74) is 6.35. The van der Waals surface area contributed by atoms with E-state index in [0.717, 1.165) is 23.4 Å². The molecule has 2 amide bonds. The van der Waals surface area contributed by atoms with Crippen LogP contribution in [0, 0.1) is 0 Å². The normalized spacial score (nSPS) is 16.8. The molecule has 0 aromatic heterocycles. The highest BCUT2D eigenvalue weighted by molar-refractivity contribution is 7.80. The molecule has 0 atom stereocenters. The largest absolute Gasteiger partial charge is 0.351 e. The van der Waals surface area contributed by atoms with Gasteiger partial charge in [-0.1, -0.05) is 31.4 Å². The molecule has 1 saturated carbocycles. The van der Waals surface area contributed by atoms with Crippen molar-refractivity contribution in [2.45, 2.75) is 43.0 Å². The van der Waals surface area contributed by atoms with Crippen molar-refractivity contribution in [2.75, 3.05) is 4.90 Å². The van der Waals surface area contributed by atoms with Gasteiger partial charge in [0, 0.05) is 10.9 Å². The Bertz CT molecular complexity index is 402. The summed E-state index contributed by atoms with van der Waals surface area (Å²) < 4.78 is 0. The molecule has 1 aromatic rings. The minimum Gasteiger partial charge on any atom is -0.351 e. The molecule has 2 N–H and O–H groups in total. The van der Waals surface area contributed by atoms with Gasteiger partial charge in [0.25, 0.3) is 0 Å². The van der Waals surface area contributed by atoms with Crippen molar-refractivity contribution in [3.8, 4) is 0 Å². The van der Waals surface area contributed by atoms with E-state index in [9.17, 15) is 4.79 Å². The highest BCUT2D eigenvalue weighted by Crippen LogP contribution is 2.30. The molecule has 0 radical (unpaired) electrons. The molecular formula is C13H18N2OS. The van der Waals surface area contributed by atoms with E-state index in [1.54, 1.807) is 4.90 Å². The van der Waals surface area contributed by atoms with E-state index in [1.165, 1.54) is 19.3 Å². The number of carbonyl (C=O) groups is 1. The zero-order valence-electron chi connectivity index (χ0n) is 9.80. The zero-order valence-corrected chi connectivity index (χ0v) is 10.7. The number of hydrogen-bond acceptors (Lipinski definition) is 2. The molecule has 0 saturated heterocycles. The molecular weight excluding hydrogens is 232 g/mol. The fourth-order valence-electron chi connectivity index (χ4n) is 2.50. The van der Waals surface area contributed by atoms with E-state index >= 15 is 0 Å². The van der Waals surface area contributed by atoms with Crippen LogP contribution in [0.2, 0.25) is 0 Å². The van der Waals surface area contributed by atoms with Crippen molar-refractivity contribution in [3.05, 3.63) is 24.3 Å². The van der Waals surface area contributed by atoms with E-state index in [0.29, 0.717) is 0 Å². The predicted molar refractivity (Wildman–Crippen MR) is 72.6 cm³/mol. The van der Waals surface area contributed by atoms with Crippen LogP contribution in [0.3, 0.4) is 0 Å². The van der Waals surface area contributed by atoms with Crippen LogP contribution in [0.4, 0.5) is 10.5 Å². The van der Waals surface area contributed by atoms with E-state index in [-0.39, 0.29) is 12.1 Å². The van der Waals surface area contributed by atoms with E-state index in [1.807, 2.05) is 24.3 Å². The van der Waals surface area contributed by atoms with Crippen molar-refractivity contribution in [2.24, 2.45) is 5.73 Å². The molecule has 2 rings (SSSR count). The molecule has 0 unspecified atom stereocenters. The molecule has 1 aliphatic rings. The molecule has 1 aromatic carbocycles. The first-order valence-corrected chi connectivity index (χ1v) is 6.51. The van der Waals surface area contributed by atoms with E-state index in [2.05, 4.69) is 12.6 Å². The molecule has 1 aliphatic carbocycles. The van der Waals surface area contributed by atoms with Crippen LogP contribution in [0.5, 0.6) is 0 Å². The number of nitrogens with two attached hydrogens (primary N) is 1. The minimum atomic E-state index is -0.376. The lowest BCUT2D eigenvalue weighted by Crippen LogP contribution is -2.45. The average Bonchev–Trinajstić information content (AvgIpc) is 2.33. The second-order valence-electron chi connectivity index (χ2n) is 4.49. The van der Waals surface area contributed by atoms with Gasteiger partial charge in [-0.3, -0.25) is 4.90 Å². The number of benzene rings is 1. The van der Waals surface area contributed by atoms with E-state index in [4.69, 9.17) is 5.73 Å². The Morgan fingerprint density at radius 3 is 2.47 bits per heavy atom. The summed E-state index contributed by atoms with van der Waals surface area (Å²) in [6.45, 7) is 0. The fraction of sp³-hybridized carbons (Fsp3) is 0.462. The van der Waals surface area contributed by atoms with Crippen LogP contribution in [0.15, 0.2) is 29.2 Å². The summed E-state index contributed by atoms with van der Waals surface area (Å²) in [6, 6.07) is 7.46. The number of hydrogen-bond donors (Lipinski definition) is 2. The third-order valence-electron chi connectivity index (χ3n) is 3.32. The highest BCUT2D eigenvalue weighted by Gasteiger charge is 2.26. The van der Waals surface area contributed by atoms with E-state index < -0.39 is 0 Å². The van der Waals surface area contributed by atoms with Crippen LogP contribution in [0.25, 0.3) is 0 Å². The van der Waals surface area contributed by atoms with Crippen LogP contribution in [-0.2, 0) is 0 Å². The number of anilines is 1. The Morgan fingerprint density at radius 1 is 1.24 bits per heavy atom. The summed E-state index contributed by atoms with van der Waals surface area (Å²) in [4.78, 5) is 14.2. The van der Waals surface area contributed by atoms with Crippen molar-refractivity contribution in [1.82, 2.24) is 0 Å².